The summed E-state index contributed by atoms with van der Waals surface area (Å²) in [5.74, 6) is -0.0465. The number of likely N-dealkylation sites (tertiary alicyclic amines) is 1. The molecule has 1 fully saturated rings. The monoisotopic (exact) mass is 462 g/mol. The van der Waals surface area contributed by atoms with Crippen LogP contribution in [0, 0.1) is 0 Å². The Hall–Kier alpha value is -3.42. The third kappa shape index (κ3) is 4.05. The first-order chi connectivity index (χ1) is 16.0. The van der Waals surface area contributed by atoms with Crippen molar-refractivity contribution in [2.24, 2.45) is 0 Å². The molecule has 2 aromatic carbocycles. The van der Waals surface area contributed by atoms with E-state index in [0.29, 0.717) is 47.7 Å². The van der Waals surface area contributed by atoms with Gasteiger partial charge in [-0.2, -0.15) is 0 Å². The molecular weight excluding hydrogens is 440 g/mol. The maximum absolute atomic E-state index is 13.2. The largest absolute Gasteiger partial charge is 0.388 e. The number of aliphatic hydroxyl groups is 1. The number of carbonyl (C=O) groups is 1. The Morgan fingerprint density at radius 2 is 1.67 bits per heavy atom. The summed E-state index contributed by atoms with van der Waals surface area (Å²) in [6.07, 6.45) is 2.21. The first-order valence-corrected chi connectivity index (χ1v) is 11.2. The number of piperidine rings is 1. The molecule has 0 aliphatic carbocycles. The number of amides is 1. The molecule has 3 heterocycles. The number of nitrogens with zero attached hydrogens (tertiary/aromatic N) is 4. The maximum atomic E-state index is 13.2. The molecule has 0 saturated carbocycles. The zero-order valence-corrected chi connectivity index (χ0v) is 18.7. The van der Waals surface area contributed by atoms with Gasteiger partial charge in [-0.25, -0.2) is 4.98 Å². The molecule has 168 valence electrons. The molecule has 8 heteroatoms. The predicted octanol–water partition coefficient (Wildman–Crippen LogP) is 3.51. The van der Waals surface area contributed by atoms with Crippen LogP contribution in [0.1, 0.15) is 23.2 Å². The van der Waals surface area contributed by atoms with E-state index in [0.717, 1.165) is 5.69 Å². The van der Waals surface area contributed by atoms with Gasteiger partial charge < -0.3 is 10.0 Å². The van der Waals surface area contributed by atoms with Gasteiger partial charge in [0.2, 0.25) is 0 Å². The number of rotatable bonds is 4. The standard InChI is InChI=1S/C25H23ClN4O3/c26-21-15-20-22(30(21)19-9-5-2-6-10-19)27-17-29(24(20)32)16-25(33)11-13-28(14-12-25)23(31)18-7-3-1-4-8-18/h1-10,15,17,33H,11-14,16H2. The van der Waals surface area contributed by atoms with Crippen LogP contribution in [0.25, 0.3) is 16.7 Å². The van der Waals surface area contributed by atoms with Gasteiger partial charge in [-0.15, -0.1) is 0 Å². The number of fused-ring (bicyclic) bond motifs is 1. The summed E-state index contributed by atoms with van der Waals surface area (Å²) in [5.41, 5.74) is 0.568. The molecule has 2 aromatic heterocycles. The van der Waals surface area contributed by atoms with Crippen LogP contribution in [0.5, 0.6) is 0 Å². The fourth-order valence-electron chi connectivity index (χ4n) is 4.39. The second-order valence-electron chi connectivity index (χ2n) is 8.44. The highest BCUT2D eigenvalue weighted by atomic mass is 35.5. The summed E-state index contributed by atoms with van der Waals surface area (Å²) in [5, 5.41) is 12.0. The smallest absolute Gasteiger partial charge is 0.262 e. The Labute approximate surface area is 195 Å². The Balaban J connectivity index is 1.36. The van der Waals surface area contributed by atoms with Crippen molar-refractivity contribution in [3.05, 3.63) is 94.1 Å². The minimum absolute atomic E-state index is 0.0465. The van der Waals surface area contributed by atoms with Crippen LogP contribution in [0.3, 0.4) is 0 Å². The molecule has 1 N–H and O–H groups in total. The predicted molar refractivity (Wildman–Crippen MR) is 127 cm³/mol. The van der Waals surface area contributed by atoms with E-state index in [2.05, 4.69) is 4.98 Å². The average Bonchev–Trinajstić information content (AvgIpc) is 3.19. The summed E-state index contributed by atoms with van der Waals surface area (Å²) in [6.45, 7) is 0.950. The second-order valence-corrected chi connectivity index (χ2v) is 8.82. The zero-order chi connectivity index (χ0) is 23.0. The molecule has 5 rings (SSSR count). The SMILES string of the molecule is O=C(c1ccccc1)N1CCC(O)(Cn2cnc3c(cc(Cl)n3-c3ccccc3)c2=O)CC1. The average molecular weight is 463 g/mol. The van der Waals surface area contributed by atoms with Gasteiger partial charge in [0.1, 0.15) is 11.5 Å². The van der Waals surface area contributed by atoms with Crippen molar-refractivity contribution < 1.29 is 9.90 Å². The summed E-state index contributed by atoms with van der Waals surface area (Å²) in [4.78, 5) is 32.1. The van der Waals surface area contributed by atoms with Crippen LogP contribution in [0.2, 0.25) is 5.15 Å². The van der Waals surface area contributed by atoms with Crippen molar-refractivity contribution >= 4 is 28.5 Å². The number of benzene rings is 2. The van der Waals surface area contributed by atoms with Crippen molar-refractivity contribution in [3.8, 4) is 5.69 Å². The Bertz CT molecular complexity index is 1360. The van der Waals surface area contributed by atoms with E-state index in [4.69, 9.17) is 11.6 Å². The normalized spacial score (nSPS) is 15.6. The van der Waals surface area contributed by atoms with Crippen LogP contribution in [0.4, 0.5) is 0 Å². The molecule has 0 atom stereocenters. The lowest BCUT2D eigenvalue weighted by Gasteiger charge is -2.38. The summed E-state index contributed by atoms with van der Waals surface area (Å²) < 4.78 is 3.16. The minimum atomic E-state index is -1.10. The van der Waals surface area contributed by atoms with Gasteiger partial charge in [0.15, 0.2) is 5.65 Å². The fraction of sp³-hybridized carbons (Fsp3) is 0.240. The number of aromatic nitrogens is 3. The lowest BCUT2D eigenvalue weighted by Crippen LogP contribution is -2.49. The van der Waals surface area contributed by atoms with Gasteiger partial charge in [0.25, 0.3) is 11.5 Å². The number of carbonyl (C=O) groups excluding carboxylic acids is 1. The number of hydrogen-bond donors (Lipinski definition) is 1. The van der Waals surface area contributed by atoms with Crippen molar-refractivity contribution in [3.63, 3.8) is 0 Å². The second kappa shape index (κ2) is 8.50. The van der Waals surface area contributed by atoms with E-state index >= 15 is 0 Å². The van der Waals surface area contributed by atoms with Crippen LogP contribution in [0.15, 0.2) is 77.9 Å². The molecule has 0 bridgehead atoms. The van der Waals surface area contributed by atoms with Crippen LogP contribution in [-0.4, -0.2) is 48.7 Å². The van der Waals surface area contributed by atoms with Crippen LogP contribution >= 0.6 is 11.6 Å². The summed E-state index contributed by atoms with van der Waals surface area (Å²) in [7, 11) is 0. The lowest BCUT2D eigenvalue weighted by molar-refractivity contribution is -0.0299. The van der Waals surface area contributed by atoms with Gasteiger partial charge in [-0.1, -0.05) is 48.0 Å². The molecule has 7 nitrogen and oxygen atoms in total. The topological polar surface area (TPSA) is 80.4 Å². The minimum Gasteiger partial charge on any atom is -0.388 e. The molecule has 33 heavy (non-hydrogen) atoms. The number of halogens is 1. The first-order valence-electron chi connectivity index (χ1n) is 10.8. The van der Waals surface area contributed by atoms with E-state index in [9.17, 15) is 14.7 Å². The van der Waals surface area contributed by atoms with Crippen molar-refractivity contribution in [2.45, 2.75) is 25.0 Å². The van der Waals surface area contributed by atoms with Gasteiger partial charge >= 0.3 is 0 Å². The highest BCUT2D eigenvalue weighted by Crippen LogP contribution is 2.27. The number of hydrogen-bond acceptors (Lipinski definition) is 4. The molecule has 1 aliphatic heterocycles. The van der Waals surface area contributed by atoms with E-state index in [1.165, 1.54) is 10.9 Å². The summed E-state index contributed by atoms with van der Waals surface area (Å²) >= 11 is 6.43. The molecule has 0 radical (unpaired) electrons. The summed E-state index contributed by atoms with van der Waals surface area (Å²) in [6, 6.07) is 20.2. The zero-order valence-electron chi connectivity index (χ0n) is 17.9. The highest BCUT2D eigenvalue weighted by Gasteiger charge is 2.35. The third-order valence-electron chi connectivity index (χ3n) is 6.22. The Kier molecular flexibility index (Phi) is 5.52. The van der Waals surface area contributed by atoms with E-state index in [-0.39, 0.29) is 18.0 Å². The molecule has 1 aliphatic rings. The fourth-order valence-corrected chi connectivity index (χ4v) is 4.67. The Morgan fingerprint density at radius 1 is 1.03 bits per heavy atom. The van der Waals surface area contributed by atoms with E-state index < -0.39 is 5.60 Å². The van der Waals surface area contributed by atoms with Crippen LogP contribution < -0.4 is 5.56 Å². The highest BCUT2D eigenvalue weighted by molar-refractivity contribution is 6.31. The van der Waals surface area contributed by atoms with Gasteiger partial charge in [-0.3, -0.25) is 18.7 Å². The molecule has 1 saturated heterocycles. The van der Waals surface area contributed by atoms with E-state index in [1.54, 1.807) is 27.7 Å². The molecule has 4 aromatic rings. The van der Waals surface area contributed by atoms with Crippen molar-refractivity contribution in [2.75, 3.05) is 13.1 Å². The Morgan fingerprint density at radius 3 is 2.33 bits per heavy atom. The molecular formula is C25H23ClN4O3. The lowest BCUT2D eigenvalue weighted by atomic mass is 9.91. The van der Waals surface area contributed by atoms with Gasteiger partial charge in [-0.05, 0) is 43.2 Å². The third-order valence-corrected chi connectivity index (χ3v) is 6.50. The molecule has 0 spiro atoms. The molecule has 0 unspecified atom stereocenters. The van der Waals surface area contributed by atoms with Gasteiger partial charge in [0, 0.05) is 24.3 Å². The number of para-hydroxylation sites is 1. The quantitative estimate of drug-likeness (QED) is 0.503. The molecule has 1 amide bonds. The van der Waals surface area contributed by atoms with Crippen LogP contribution in [-0.2, 0) is 6.54 Å². The first kappa shape index (κ1) is 21.4. The van der Waals surface area contributed by atoms with Gasteiger partial charge in [0.05, 0.1) is 17.5 Å². The maximum Gasteiger partial charge on any atom is 0.262 e. The van der Waals surface area contributed by atoms with Crippen molar-refractivity contribution in [1.82, 2.24) is 19.0 Å². The van der Waals surface area contributed by atoms with Crippen molar-refractivity contribution in [1.29, 1.82) is 0 Å². The van der Waals surface area contributed by atoms with E-state index in [1.807, 2.05) is 48.5 Å².